The first kappa shape index (κ1) is 25.5. The topological polar surface area (TPSA) is 115 Å². The van der Waals surface area contributed by atoms with E-state index >= 15 is 0 Å². The summed E-state index contributed by atoms with van der Waals surface area (Å²) in [5.41, 5.74) is 4.25. The van der Waals surface area contributed by atoms with Crippen molar-refractivity contribution in [1.82, 2.24) is 20.0 Å². The van der Waals surface area contributed by atoms with Crippen molar-refractivity contribution in [2.24, 2.45) is 5.41 Å². The van der Waals surface area contributed by atoms with Crippen LogP contribution in [0, 0.1) is 28.1 Å². The van der Waals surface area contributed by atoms with Gasteiger partial charge in [-0.3, -0.25) is 4.98 Å². The number of halogens is 1. The number of hydrogen-bond donors (Lipinski definition) is 2. The van der Waals surface area contributed by atoms with E-state index in [1.165, 1.54) is 6.20 Å². The molecule has 0 bridgehead atoms. The number of aromatic nitrogens is 4. The third-order valence-electron chi connectivity index (χ3n) is 6.87. The Morgan fingerprint density at radius 1 is 1.13 bits per heavy atom. The monoisotopic (exact) mass is 524 g/mol. The molecular formula is C29H29ClN8. The van der Waals surface area contributed by atoms with E-state index in [4.69, 9.17) is 11.6 Å². The number of rotatable bonds is 7. The highest BCUT2D eigenvalue weighted by atomic mass is 35.5. The van der Waals surface area contributed by atoms with Crippen LogP contribution in [0.1, 0.15) is 69.0 Å². The van der Waals surface area contributed by atoms with Crippen molar-refractivity contribution in [2.45, 2.75) is 52.1 Å². The molecule has 0 amide bonds. The summed E-state index contributed by atoms with van der Waals surface area (Å²) in [7, 11) is 0. The number of fused-ring (bicyclic) bond motifs is 1. The lowest BCUT2D eigenvalue weighted by molar-refractivity contribution is 0.443. The van der Waals surface area contributed by atoms with Gasteiger partial charge in [0, 0.05) is 28.8 Å². The van der Waals surface area contributed by atoms with Crippen molar-refractivity contribution in [3.05, 3.63) is 76.2 Å². The molecule has 5 rings (SSSR count). The van der Waals surface area contributed by atoms with Gasteiger partial charge in [-0.25, -0.2) is 4.68 Å². The largest absolute Gasteiger partial charge is 0.383 e. The smallest absolute Gasteiger partial charge is 0.110 e. The molecule has 38 heavy (non-hydrogen) atoms. The van der Waals surface area contributed by atoms with Gasteiger partial charge in [-0.05, 0) is 48.9 Å². The molecule has 0 aliphatic heterocycles. The van der Waals surface area contributed by atoms with E-state index in [-0.39, 0.29) is 11.0 Å². The molecular weight excluding hydrogens is 496 g/mol. The van der Waals surface area contributed by atoms with Gasteiger partial charge in [0.05, 0.1) is 40.1 Å². The van der Waals surface area contributed by atoms with Crippen LogP contribution < -0.4 is 10.6 Å². The SMILES string of the molecule is CC(C)(C)CNc1c(C#N)cnc2c(C#N)cc(NC(c3cn(C4(C)CC4)nn3)c3ccccc3Cl)cc12. The van der Waals surface area contributed by atoms with Gasteiger partial charge in [0.2, 0.25) is 0 Å². The summed E-state index contributed by atoms with van der Waals surface area (Å²) >= 11 is 6.64. The van der Waals surface area contributed by atoms with Gasteiger partial charge in [-0.15, -0.1) is 5.10 Å². The van der Waals surface area contributed by atoms with Crippen molar-refractivity contribution >= 4 is 33.9 Å². The van der Waals surface area contributed by atoms with E-state index in [0.29, 0.717) is 45.0 Å². The molecule has 0 spiro atoms. The van der Waals surface area contributed by atoms with Crippen molar-refractivity contribution in [3.63, 3.8) is 0 Å². The summed E-state index contributed by atoms with van der Waals surface area (Å²) in [6, 6.07) is 15.4. The maximum Gasteiger partial charge on any atom is 0.110 e. The van der Waals surface area contributed by atoms with Gasteiger partial charge in [0.15, 0.2) is 0 Å². The van der Waals surface area contributed by atoms with E-state index < -0.39 is 6.04 Å². The molecule has 2 heterocycles. The number of hydrogen-bond acceptors (Lipinski definition) is 7. The lowest BCUT2D eigenvalue weighted by Crippen LogP contribution is -2.20. The number of anilines is 2. The van der Waals surface area contributed by atoms with Crippen LogP contribution >= 0.6 is 11.6 Å². The molecule has 1 atom stereocenters. The fraction of sp³-hybridized carbons (Fsp3) is 0.345. The summed E-state index contributed by atoms with van der Waals surface area (Å²) in [4.78, 5) is 4.46. The Balaban J connectivity index is 1.63. The van der Waals surface area contributed by atoms with Crippen molar-refractivity contribution in [2.75, 3.05) is 17.2 Å². The normalized spacial score (nSPS) is 14.9. The zero-order valence-corrected chi connectivity index (χ0v) is 22.6. The molecule has 1 aliphatic carbocycles. The molecule has 1 saturated carbocycles. The Bertz CT molecular complexity index is 1600. The van der Waals surface area contributed by atoms with Crippen LogP contribution in [0.15, 0.2) is 48.8 Å². The van der Waals surface area contributed by atoms with E-state index in [0.717, 1.165) is 24.1 Å². The molecule has 2 aromatic carbocycles. The van der Waals surface area contributed by atoms with Crippen molar-refractivity contribution < 1.29 is 0 Å². The van der Waals surface area contributed by atoms with E-state index in [2.05, 4.69) is 65.8 Å². The first-order chi connectivity index (χ1) is 18.1. The first-order valence-electron chi connectivity index (χ1n) is 12.6. The van der Waals surface area contributed by atoms with E-state index in [1.807, 2.05) is 41.2 Å². The highest BCUT2D eigenvalue weighted by Crippen LogP contribution is 2.43. The van der Waals surface area contributed by atoms with Crippen molar-refractivity contribution in [1.29, 1.82) is 10.5 Å². The number of benzene rings is 2. The summed E-state index contributed by atoms with van der Waals surface area (Å²) in [5, 5.41) is 37.0. The molecule has 1 aliphatic rings. The Labute approximate surface area is 227 Å². The van der Waals surface area contributed by atoms with Crippen LogP contribution in [0.3, 0.4) is 0 Å². The summed E-state index contributed by atoms with van der Waals surface area (Å²) in [6.07, 6.45) is 5.61. The zero-order chi connectivity index (χ0) is 27.1. The van der Waals surface area contributed by atoms with E-state index in [9.17, 15) is 10.5 Å². The Kier molecular flexibility index (Phi) is 6.46. The Morgan fingerprint density at radius 3 is 2.53 bits per heavy atom. The zero-order valence-electron chi connectivity index (χ0n) is 21.9. The van der Waals surface area contributed by atoms with Gasteiger partial charge in [-0.2, -0.15) is 10.5 Å². The molecule has 9 heteroatoms. The van der Waals surface area contributed by atoms with Crippen LogP contribution in [-0.4, -0.2) is 26.5 Å². The predicted molar refractivity (Wildman–Crippen MR) is 149 cm³/mol. The lowest BCUT2D eigenvalue weighted by Gasteiger charge is -2.22. The van der Waals surface area contributed by atoms with Gasteiger partial charge in [-0.1, -0.05) is 55.8 Å². The van der Waals surface area contributed by atoms with Crippen LogP contribution in [0.5, 0.6) is 0 Å². The minimum absolute atomic E-state index is 0.000198. The summed E-state index contributed by atoms with van der Waals surface area (Å²) < 4.78 is 1.92. The number of nitriles is 2. The van der Waals surface area contributed by atoms with Gasteiger partial charge >= 0.3 is 0 Å². The minimum atomic E-state index is -0.415. The van der Waals surface area contributed by atoms with Crippen LogP contribution in [0.25, 0.3) is 10.9 Å². The quantitative estimate of drug-likeness (QED) is 0.287. The predicted octanol–water partition coefficient (Wildman–Crippen LogP) is 6.39. The number of pyridine rings is 1. The third-order valence-corrected chi connectivity index (χ3v) is 7.21. The average Bonchev–Trinajstić information content (AvgIpc) is 3.44. The standard InChI is InChI=1S/C29H29ClN8/c1-28(2,3)17-34-26-19(14-32)15-33-25-18(13-31)11-20(12-22(25)26)35-27(21-7-5-6-8-23(21)30)24-16-38(37-36-24)29(4)9-10-29/h5-8,11-12,15-16,27,35H,9-10,17H2,1-4H3,(H,33,34). The maximum atomic E-state index is 10.00. The third kappa shape index (κ3) is 5.01. The second kappa shape index (κ2) is 9.63. The number of nitrogens with one attached hydrogen (secondary N) is 2. The Morgan fingerprint density at radius 2 is 1.87 bits per heavy atom. The first-order valence-corrected chi connectivity index (χ1v) is 12.9. The van der Waals surface area contributed by atoms with Crippen LogP contribution in [-0.2, 0) is 5.54 Å². The van der Waals surface area contributed by atoms with E-state index in [1.54, 1.807) is 6.07 Å². The fourth-order valence-corrected chi connectivity index (χ4v) is 4.61. The summed E-state index contributed by atoms with van der Waals surface area (Å²) in [5.74, 6) is 0. The maximum absolute atomic E-state index is 10.00. The molecule has 4 aromatic rings. The molecule has 1 unspecified atom stereocenters. The second-order valence-electron chi connectivity index (χ2n) is 11.3. The highest BCUT2D eigenvalue weighted by Gasteiger charge is 2.41. The number of nitrogens with zero attached hydrogens (tertiary/aromatic N) is 6. The molecule has 0 saturated heterocycles. The van der Waals surface area contributed by atoms with Gasteiger partial charge < -0.3 is 10.6 Å². The Hall–Kier alpha value is -4.14. The summed E-state index contributed by atoms with van der Waals surface area (Å²) in [6.45, 7) is 9.16. The molecule has 2 N–H and O–H groups in total. The molecule has 1 fully saturated rings. The van der Waals surface area contributed by atoms with Crippen LogP contribution in [0.4, 0.5) is 11.4 Å². The second-order valence-corrected chi connectivity index (χ2v) is 11.7. The lowest BCUT2D eigenvalue weighted by atomic mass is 9.96. The molecule has 0 radical (unpaired) electrons. The fourth-order valence-electron chi connectivity index (χ4n) is 4.37. The average molecular weight is 525 g/mol. The molecule has 192 valence electrons. The van der Waals surface area contributed by atoms with Gasteiger partial charge in [0.25, 0.3) is 0 Å². The van der Waals surface area contributed by atoms with Crippen molar-refractivity contribution in [3.8, 4) is 12.1 Å². The highest BCUT2D eigenvalue weighted by molar-refractivity contribution is 6.31. The van der Waals surface area contributed by atoms with Gasteiger partial charge in [0.1, 0.15) is 17.8 Å². The van der Waals surface area contributed by atoms with Crippen LogP contribution in [0.2, 0.25) is 5.02 Å². The minimum Gasteiger partial charge on any atom is -0.383 e. The molecule has 2 aromatic heterocycles. The molecule has 8 nitrogen and oxygen atoms in total.